The standard InChI is InChI=1S/C13H14N6O/c1-2-16-18-12(14)8-10-7-11(17-19-13(10)20)9-3-5-15-6-4-9/h2-7H,8H2,1H3,(H2,14,18)(H,19,20)/b16-2+. The van der Waals surface area contributed by atoms with Gasteiger partial charge in [0.15, 0.2) is 0 Å². The quantitative estimate of drug-likeness (QED) is 0.485. The van der Waals surface area contributed by atoms with Crippen molar-refractivity contribution in [3.63, 3.8) is 0 Å². The number of aromatic nitrogens is 3. The van der Waals surface area contributed by atoms with E-state index in [-0.39, 0.29) is 17.8 Å². The van der Waals surface area contributed by atoms with E-state index in [4.69, 9.17) is 5.73 Å². The van der Waals surface area contributed by atoms with Crippen LogP contribution >= 0.6 is 0 Å². The molecular weight excluding hydrogens is 256 g/mol. The summed E-state index contributed by atoms with van der Waals surface area (Å²) >= 11 is 0. The molecule has 0 aliphatic heterocycles. The predicted molar refractivity (Wildman–Crippen MR) is 77.6 cm³/mol. The highest BCUT2D eigenvalue weighted by molar-refractivity contribution is 5.83. The maximum Gasteiger partial charge on any atom is 0.267 e. The van der Waals surface area contributed by atoms with Crippen LogP contribution in [-0.2, 0) is 6.42 Å². The summed E-state index contributed by atoms with van der Waals surface area (Å²) in [6.07, 6.45) is 5.06. The number of hydrogen-bond acceptors (Lipinski definition) is 5. The molecule has 2 aromatic rings. The molecule has 0 fully saturated rings. The summed E-state index contributed by atoms with van der Waals surface area (Å²) in [5.41, 5.74) is 7.41. The molecule has 0 spiro atoms. The normalized spacial score (nSPS) is 11.9. The van der Waals surface area contributed by atoms with Crippen LogP contribution in [0.3, 0.4) is 0 Å². The predicted octanol–water partition coefficient (Wildman–Crippen LogP) is 0.737. The van der Waals surface area contributed by atoms with E-state index in [1.807, 2.05) is 12.1 Å². The second-order valence-corrected chi connectivity index (χ2v) is 3.99. The fourth-order valence-electron chi connectivity index (χ4n) is 1.61. The second-order valence-electron chi connectivity index (χ2n) is 3.99. The lowest BCUT2D eigenvalue weighted by Crippen LogP contribution is -2.22. The molecule has 20 heavy (non-hydrogen) atoms. The zero-order valence-corrected chi connectivity index (χ0v) is 10.9. The van der Waals surface area contributed by atoms with Crippen LogP contribution < -0.4 is 11.3 Å². The van der Waals surface area contributed by atoms with Gasteiger partial charge in [0.05, 0.1) is 5.69 Å². The van der Waals surface area contributed by atoms with Crippen LogP contribution in [0.2, 0.25) is 0 Å². The number of hydrogen-bond donors (Lipinski definition) is 2. The molecule has 0 aliphatic carbocycles. The first-order valence-corrected chi connectivity index (χ1v) is 5.99. The van der Waals surface area contributed by atoms with Crippen molar-refractivity contribution in [1.29, 1.82) is 0 Å². The van der Waals surface area contributed by atoms with E-state index in [9.17, 15) is 4.79 Å². The molecule has 7 nitrogen and oxygen atoms in total. The average Bonchev–Trinajstić information content (AvgIpc) is 2.48. The number of amidine groups is 1. The largest absolute Gasteiger partial charge is 0.385 e. The Morgan fingerprint density at radius 1 is 1.45 bits per heavy atom. The Morgan fingerprint density at radius 2 is 2.20 bits per heavy atom. The molecule has 0 amide bonds. The lowest BCUT2D eigenvalue weighted by atomic mass is 10.1. The fraction of sp³-hybridized carbons (Fsp3) is 0.154. The molecule has 3 N–H and O–H groups in total. The fourth-order valence-corrected chi connectivity index (χ4v) is 1.61. The summed E-state index contributed by atoms with van der Waals surface area (Å²) in [7, 11) is 0. The molecule has 0 unspecified atom stereocenters. The van der Waals surface area contributed by atoms with Crippen LogP contribution in [0.15, 0.2) is 45.6 Å². The monoisotopic (exact) mass is 270 g/mol. The molecular formula is C13H14N6O. The van der Waals surface area contributed by atoms with Gasteiger partial charge in [-0.2, -0.15) is 10.2 Å². The van der Waals surface area contributed by atoms with Gasteiger partial charge in [0.25, 0.3) is 5.56 Å². The van der Waals surface area contributed by atoms with Gasteiger partial charge in [0, 0.05) is 36.2 Å². The SMILES string of the molecule is C/C=N/N=C(\N)Cc1cc(-c2ccncc2)n[nH]c1=O. The molecule has 0 atom stereocenters. The Labute approximate surface area is 115 Å². The van der Waals surface area contributed by atoms with E-state index < -0.39 is 0 Å². The van der Waals surface area contributed by atoms with Crippen molar-refractivity contribution in [2.45, 2.75) is 13.3 Å². The first-order chi connectivity index (χ1) is 9.70. The highest BCUT2D eigenvalue weighted by Crippen LogP contribution is 2.14. The molecule has 0 aromatic carbocycles. The van der Waals surface area contributed by atoms with Crippen LogP contribution in [-0.4, -0.2) is 27.2 Å². The summed E-state index contributed by atoms with van der Waals surface area (Å²) in [4.78, 5) is 15.7. The maximum absolute atomic E-state index is 11.7. The number of aromatic amines is 1. The molecule has 7 heteroatoms. The van der Waals surface area contributed by atoms with Crippen molar-refractivity contribution in [3.8, 4) is 11.3 Å². The molecule has 2 heterocycles. The van der Waals surface area contributed by atoms with Gasteiger partial charge >= 0.3 is 0 Å². The van der Waals surface area contributed by atoms with Crippen molar-refractivity contribution in [1.82, 2.24) is 15.2 Å². The Hall–Kier alpha value is -2.83. The average molecular weight is 270 g/mol. The zero-order valence-electron chi connectivity index (χ0n) is 10.9. The molecule has 2 aromatic heterocycles. The Bertz CT molecular complexity index is 690. The summed E-state index contributed by atoms with van der Waals surface area (Å²) in [6.45, 7) is 1.73. The molecule has 102 valence electrons. The number of rotatable bonds is 4. The van der Waals surface area contributed by atoms with Crippen LogP contribution in [0.4, 0.5) is 0 Å². The Balaban J connectivity index is 2.33. The number of H-pyrrole nitrogens is 1. The lowest BCUT2D eigenvalue weighted by molar-refractivity contribution is 0.963. The number of nitrogens with two attached hydrogens (primary N) is 1. The molecule has 0 aliphatic rings. The van der Waals surface area contributed by atoms with E-state index in [1.165, 1.54) is 6.21 Å². The minimum absolute atomic E-state index is 0.216. The third-order valence-corrected chi connectivity index (χ3v) is 2.53. The van der Waals surface area contributed by atoms with Crippen molar-refractivity contribution in [3.05, 3.63) is 46.5 Å². The third kappa shape index (κ3) is 3.35. The van der Waals surface area contributed by atoms with Gasteiger partial charge in [-0.15, -0.1) is 5.10 Å². The summed E-state index contributed by atoms with van der Waals surface area (Å²) in [6, 6.07) is 5.30. The topological polar surface area (TPSA) is 109 Å². The molecule has 2 rings (SSSR count). The van der Waals surface area contributed by atoms with Crippen LogP contribution in [0.5, 0.6) is 0 Å². The highest BCUT2D eigenvalue weighted by Gasteiger charge is 2.07. The second kappa shape index (κ2) is 6.37. The van der Waals surface area contributed by atoms with Gasteiger partial charge in [-0.05, 0) is 25.1 Å². The number of nitrogens with one attached hydrogen (secondary N) is 1. The van der Waals surface area contributed by atoms with Crippen molar-refractivity contribution in [2.24, 2.45) is 15.9 Å². The van der Waals surface area contributed by atoms with E-state index >= 15 is 0 Å². The smallest absolute Gasteiger partial charge is 0.267 e. The minimum atomic E-state index is -0.290. The van der Waals surface area contributed by atoms with Crippen LogP contribution in [0, 0.1) is 0 Å². The van der Waals surface area contributed by atoms with Crippen molar-refractivity contribution >= 4 is 12.1 Å². The van der Waals surface area contributed by atoms with E-state index in [0.29, 0.717) is 11.3 Å². The summed E-state index contributed by atoms with van der Waals surface area (Å²) in [5, 5.41) is 13.9. The number of nitrogens with zero attached hydrogens (tertiary/aromatic N) is 4. The molecule has 0 bridgehead atoms. The summed E-state index contributed by atoms with van der Waals surface area (Å²) in [5.74, 6) is 0.264. The van der Waals surface area contributed by atoms with E-state index in [0.717, 1.165) is 5.56 Å². The van der Waals surface area contributed by atoms with Gasteiger partial charge in [-0.1, -0.05) is 0 Å². The first kappa shape index (κ1) is 13.6. The van der Waals surface area contributed by atoms with Gasteiger partial charge in [-0.25, -0.2) is 5.10 Å². The Kier molecular flexibility index (Phi) is 4.33. The molecule has 0 radical (unpaired) electrons. The molecule has 0 saturated carbocycles. The lowest BCUT2D eigenvalue weighted by Gasteiger charge is -2.03. The van der Waals surface area contributed by atoms with Crippen molar-refractivity contribution < 1.29 is 0 Å². The van der Waals surface area contributed by atoms with E-state index in [1.54, 1.807) is 25.4 Å². The Morgan fingerprint density at radius 3 is 2.90 bits per heavy atom. The third-order valence-electron chi connectivity index (χ3n) is 2.53. The molecule has 0 saturated heterocycles. The maximum atomic E-state index is 11.7. The van der Waals surface area contributed by atoms with Gasteiger partial charge in [0.2, 0.25) is 0 Å². The first-order valence-electron chi connectivity index (χ1n) is 5.99. The minimum Gasteiger partial charge on any atom is -0.385 e. The van der Waals surface area contributed by atoms with Crippen molar-refractivity contribution in [2.75, 3.05) is 0 Å². The summed E-state index contributed by atoms with van der Waals surface area (Å²) < 4.78 is 0. The van der Waals surface area contributed by atoms with Crippen LogP contribution in [0.25, 0.3) is 11.3 Å². The van der Waals surface area contributed by atoms with Gasteiger partial charge in [-0.3, -0.25) is 9.78 Å². The van der Waals surface area contributed by atoms with Gasteiger partial charge < -0.3 is 5.73 Å². The zero-order chi connectivity index (χ0) is 14.4. The highest BCUT2D eigenvalue weighted by atomic mass is 16.1. The van der Waals surface area contributed by atoms with Crippen LogP contribution in [0.1, 0.15) is 12.5 Å². The van der Waals surface area contributed by atoms with E-state index in [2.05, 4.69) is 25.4 Å². The number of pyridine rings is 1. The van der Waals surface area contributed by atoms with Gasteiger partial charge in [0.1, 0.15) is 5.84 Å².